The number of alkyl halides is 3. The van der Waals surface area contributed by atoms with Crippen LogP contribution in [-0.4, -0.2) is 29.4 Å². The fourth-order valence-electron chi connectivity index (χ4n) is 2.39. The standard InChI is InChI=1S/C17H15F3N4O2S/c1-27(25,26)14-3-2-9-21-16(14)22-11-12-4-6-13(7-5-12)24-10-8-15(23-24)17(18,19)20/h2-10H,11H2,1H3,(H,21,22). The van der Waals surface area contributed by atoms with E-state index in [0.717, 1.165) is 22.6 Å². The topological polar surface area (TPSA) is 76.9 Å². The minimum absolute atomic E-state index is 0.0952. The Morgan fingerprint density at radius 3 is 2.41 bits per heavy atom. The van der Waals surface area contributed by atoms with Crippen molar-refractivity contribution in [2.24, 2.45) is 0 Å². The van der Waals surface area contributed by atoms with E-state index in [1.165, 1.54) is 24.5 Å². The summed E-state index contributed by atoms with van der Waals surface area (Å²) in [6.07, 6.45) is -0.670. The van der Waals surface area contributed by atoms with E-state index in [-0.39, 0.29) is 10.7 Å². The average Bonchev–Trinajstić information content (AvgIpc) is 3.10. The Balaban J connectivity index is 1.73. The molecule has 1 aromatic carbocycles. The highest BCUT2D eigenvalue weighted by Crippen LogP contribution is 2.28. The molecule has 0 atom stereocenters. The summed E-state index contributed by atoms with van der Waals surface area (Å²) in [5, 5.41) is 6.47. The van der Waals surface area contributed by atoms with Crippen molar-refractivity contribution in [3.05, 3.63) is 66.1 Å². The predicted octanol–water partition coefficient (Wildman–Crippen LogP) is 3.30. The van der Waals surface area contributed by atoms with E-state index >= 15 is 0 Å². The number of rotatable bonds is 5. The zero-order valence-corrected chi connectivity index (χ0v) is 14.9. The fraction of sp³-hybridized carbons (Fsp3) is 0.176. The van der Waals surface area contributed by atoms with Gasteiger partial charge in [-0.1, -0.05) is 12.1 Å². The average molecular weight is 396 g/mol. The molecule has 0 aliphatic carbocycles. The van der Waals surface area contributed by atoms with Gasteiger partial charge in [0, 0.05) is 25.2 Å². The minimum Gasteiger partial charge on any atom is -0.365 e. The van der Waals surface area contributed by atoms with Gasteiger partial charge in [-0.3, -0.25) is 0 Å². The van der Waals surface area contributed by atoms with Gasteiger partial charge in [-0.2, -0.15) is 18.3 Å². The molecule has 0 unspecified atom stereocenters. The molecule has 142 valence electrons. The molecule has 0 aliphatic heterocycles. The number of halogens is 3. The van der Waals surface area contributed by atoms with Gasteiger partial charge in [0.2, 0.25) is 0 Å². The quantitative estimate of drug-likeness (QED) is 0.716. The van der Waals surface area contributed by atoms with Gasteiger partial charge in [-0.05, 0) is 35.9 Å². The minimum atomic E-state index is -4.49. The van der Waals surface area contributed by atoms with Crippen LogP contribution in [0.3, 0.4) is 0 Å². The Kier molecular flexibility index (Phi) is 4.92. The number of hydrogen-bond donors (Lipinski definition) is 1. The van der Waals surface area contributed by atoms with Crippen LogP contribution in [0.25, 0.3) is 5.69 Å². The molecule has 0 saturated heterocycles. The number of hydrogen-bond acceptors (Lipinski definition) is 5. The normalized spacial score (nSPS) is 12.1. The van der Waals surface area contributed by atoms with Crippen LogP contribution >= 0.6 is 0 Å². The largest absolute Gasteiger partial charge is 0.435 e. The molecule has 3 aromatic rings. The molecule has 0 aliphatic rings. The number of nitrogens with one attached hydrogen (secondary N) is 1. The number of pyridine rings is 1. The van der Waals surface area contributed by atoms with Gasteiger partial charge in [-0.25, -0.2) is 18.1 Å². The van der Waals surface area contributed by atoms with Crippen molar-refractivity contribution in [3.63, 3.8) is 0 Å². The lowest BCUT2D eigenvalue weighted by Gasteiger charge is -2.10. The Hall–Kier alpha value is -2.88. The third-order valence-corrected chi connectivity index (χ3v) is 4.84. The zero-order valence-electron chi connectivity index (χ0n) is 14.1. The van der Waals surface area contributed by atoms with Gasteiger partial charge < -0.3 is 5.32 Å². The first-order chi connectivity index (χ1) is 12.6. The summed E-state index contributed by atoms with van der Waals surface area (Å²) in [4.78, 5) is 4.14. The molecule has 3 rings (SSSR count). The molecule has 0 radical (unpaired) electrons. The number of anilines is 1. The molecule has 0 bridgehead atoms. The van der Waals surface area contributed by atoms with Gasteiger partial charge >= 0.3 is 6.18 Å². The summed E-state index contributed by atoms with van der Waals surface area (Å²) in [6.45, 7) is 0.298. The highest BCUT2D eigenvalue weighted by molar-refractivity contribution is 7.90. The maximum absolute atomic E-state index is 12.6. The van der Waals surface area contributed by atoms with Crippen molar-refractivity contribution >= 4 is 15.7 Å². The molecule has 1 N–H and O–H groups in total. The van der Waals surface area contributed by atoms with Crippen LogP contribution in [0.15, 0.2) is 59.8 Å². The molecule has 27 heavy (non-hydrogen) atoms. The third-order valence-electron chi connectivity index (χ3n) is 3.71. The number of nitrogens with zero attached hydrogens (tertiary/aromatic N) is 3. The van der Waals surface area contributed by atoms with Crippen LogP contribution in [0.1, 0.15) is 11.3 Å². The van der Waals surface area contributed by atoms with Gasteiger partial charge in [0.25, 0.3) is 0 Å². The van der Waals surface area contributed by atoms with Crippen LogP contribution < -0.4 is 5.32 Å². The number of benzene rings is 1. The first kappa shape index (κ1) is 18.9. The Bertz CT molecular complexity index is 1040. The summed E-state index contributed by atoms with van der Waals surface area (Å²) in [7, 11) is -3.42. The summed E-state index contributed by atoms with van der Waals surface area (Å²) in [5.74, 6) is 0.242. The molecule has 0 saturated carbocycles. The van der Waals surface area contributed by atoms with E-state index in [1.807, 2.05) is 0 Å². The van der Waals surface area contributed by atoms with Crippen LogP contribution in [-0.2, 0) is 22.6 Å². The molecular weight excluding hydrogens is 381 g/mol. The Morgan fingerprint density at radius 2 is 1.81 bits per heavy atom. The van der Waals surface area contributed by atoms with Gasteiger partial charge in [0.15, 0.2) is 15.5 Å². The van der Waals surface area contributed by atoms with Gasteiger partial charge in [0.05, 0.1) is 5.69 Å². The first-order valence-electron chi connectivity index (χ1n) is 7.76. The fourth-order valence-corrected chi connectivity index (χ4v) is 3.20. The van der Waals surface area contributed by atoms with Crippen molar-refractivity contribution in [1.82, 2.24) is 14.8 Å². The zero-order chi connectivity index (χ0) is 19.7. The van der Waals surface area contributed by atoms with E-state index in [1.54, 1.807) is 24.3 Å². The SMILES string of the molecule is CS(=O)(=O)c1cccnc1NCc1ccc(-n2ccc(C(F)(F)F)n2)cc1. The molecule has 0 spiro atoms. The van der Waals surface area contributed by atoms with Crippen molar-refractivity contribution < 1.29 is 21.6 Å². The monoisotopic (exact) mass is 396 g/mol. The molecular formula is C17H15F3N4O2S. The van der Waals surface area contributed by atoms with Crippen LogP contribution in [0.2, 0.25) is 0 Å². The van der Waals surface area contributed by atoms with Crippen LogP contribution in [0.4, 0.5) is 19.0 Å². The molecule has 0 amide bonds. The van der Waals surface area contributed by atoms with E-state index < -0.39 is 21.7 Å². The maximum atomic E-state index is 12.6. The summed E-state index contributed by atoms with van der Waals surface area (Å²) in [5.41, 5.74) is 0.313. The van der Waals surface area contributed by atoms with Crippen LogP contribution in [0.5, 0.6) is 0 Å². The summed E-state index contributed by atoms with van der Waals surface area (Å²) < 4.78 is 62.6. The lowest BCUT2D eigenvalue weighted by atomic mass is 10.2. The van der Waals surface area contributed by atoms with Crippen LogP contribution in [0, 0.1) is 0 Å². The van der Waals surface area contributed by atoms with Crippen molar-refractivity contribution in [3.8, 4) is 5.69 Å². The smallest absolute Gasteiger partial charge is 0.365 e. The van der Waals surface area contributed by atoms with E-state index in [0.29, 0.717) is 12.2 Å². The van der Waals surface area contributed by atoms with Crippen molar-refractivity contribution in [1.29, 1.82) is 0 Å². The highest BCUT2D eigenvalue weighted by atomic mass is 32.2. The second kappa shape index (κ2) is 7.03. The lowest BCUT2D eigenvalue weighted by Crippen LogP contribution is -2.08. The molecule has 0 fully saturated rings. The number of aromatic nitrogens is 3. The molecule has 2 aromatic heterocycles. The van der Waals surface area contributed by atoms with Gasteiger partial charge in [-0.15, -0.1) is 0 Å². The van der Waals surface area contributed by atoms with Crippen molar-refractivity contribution in [2.45, 2.75) is 17.6 Å². The highest BCUT2D eigenvalue weighted by Gasteiger charge is 2.33. The van der Waals surface area contributed by atoms with E-state index in [9.17, 15) is 21.6 Å². The third kappa shape index (κ3) is 4.45. The molecule has 6 nitrogen and oxygen atoms in total. The Labute approximate surface area is 153 Å². The molecule has 10 heteroatoms. The van der Waals surface area contributed by atoms with E-state index in [2.05, 4.69) is 15.4 Å². The second-order valence-corrected chi connectivity index (χ2v) is 7.77. The lowest BCUT2D eigenvalue weighted by molar-refractivity contribution is -0.141. The van der Waals surface area contributed by atoms with E-state index in [4.69, 9.17) is 0 Å². The second-order valence-electron chi connectivity index (χ2n) is 5.79. The first-order valence-corrected chi connectivity index (χ1v) is 9.65. The summed E-state index contributed by atoms with van der Waals surface area (Å²) >= 11 is 0. The molecule has 2 heterocycles. The van der Waals surface area contributed by atoms with Crippen molar-refractivity contribution in [2.75, 3.05) is 11.6 Å². The Morgan fingerprint density at radius 1 is 1.11 bits per heavy atom. The maximum Gasteiger partial charge on any atom is 0.435 e. The van der Waals surface area contributed by atoms with Gasteiger partial charge in [0.1, 0.15) is 10.7 Å². The number of sulfone groups is 1. The predicted molar refractivity (Wildman–Crippen MR) is 93.2 cm³/mol. The summed E-state index contributed by atoms with van der Waals surface area (Å²) in [6, 6.07) is 10.6.